The average molecular weight is 313 g/mol. The highest BCUT2D eigenvalue weighted by atomic mass is 32.2. The predicted molar refractivity (Wildman–Crippen MR) is 76.9 cm³/mol. The second kappa shape index (κ2) is 6.27. The Hall–Kier alpha value is -1.87. The number of hydrogen-bond donors (Lipinski definition) is 2. The SMILES string of the molecule is CC(=O)SC[C@H]1O[C@@H](n2cc(C)c(=O)[nH]c2=O)C/C1=N\O. The van der Waals surface area contributed by atoms with Crippen molar-refractivity contribution in [3.63, 3.8) is 0 Å². The molecular formula is C12H15N3O5S. The van der Waals surface area contributed by atoms with Gasteiger partial charge in [-0.1, -0.05) is 16.9 Å². The van der Waals surface area contributed by atoms with Crippen LogP contribution in [0.2, 0.25) is 0 Å². The lowest BCUT2D eigenvalue weighted by Gasteiger charge is -2.14. The van der Waals surface area contributed by atoms with Crippen molar-refractivity contribution >= 4 is 22.6 Å². The van der Waals surface area contributed by atoms with Crippen LogP contribution >= 0.6 is 11.8 Å². The summed E-state index contributed by atoms with van der Waals surface area (Å²) in [7, 11) is 0. The summed E-state index contributed by atoms with van der Waals surface area (Å²) in [6, 6.07) is 0. The highest BCUT2D eigenvalue weighted by Gasteiger charge is 2.34. The van der Waals surface area contributed by atoms with Gasteiger partial charge in [-0.15, -0.1) is 0 Å². The normalized spacial score (nSPS) is 23.6. The van der Waals surface area contributed by atoms with Gasteiger partial charge < -0.3 is 9.94 Å². The molecule has 0 saturated carbocycles. The third-order valence-corrected chi connectivity index (χ3v) is 3.98. The number of H-pyrrole nitrogens is 1. The summed E-state index contributed by atoms with van der Waals surface area (Å²) in [5.41, 5.74) is -0.298. The van der Waals surface area contributed by atoms with Crippen LogP contribution in [0.25, 0.3) is 0 Å². The quantitative estimate of drug-likeness (QED) is 0.610. The Balaban J connectivity index is 2.24. The number of carbonyl (C=O) groups is 1. The Morgan fingerprint density at radius 2 is 2.33 bits per heavy atom. The van der Waals surface area contributed by atoms with Crippen LogP contribution in [0.4, 0.5) is 0 Å². The van der Waals surface area contributed by atoms with Gasteiger partial charge in [-0.25, -0.2) is 4.79 Å². The molecule has 2 rings (SSSR count). The zero-order valence-electron chi connectivity index (χ0n) is 11.5. The Morgan fingerprint density at radius 3 is 2.95 bits per heavy atom. The Bertz CT molecular complexity index is 693. The smallest absolute Gasteiger partial charge is 0.330 e. The lowest BCUT2D eigenvalue weighted by atomic mass is 10.2. The van der Waals surface area contributed by atoms with Crippen molar-refractivity contribution in [2.45, 2.75) is 32.6 Å². The molecule has 1 saturated heterocycles. The van der Waals surface area contributed by atoms with E-state index < -0.39 is 23.6 Å². The van der Waals surface area contributed by atoms with Crippen LogP contribution in [0.3, 0.4) is 0 Å². The number of nitrogens with zero attached hydrogens (tertiary/aromatic N) is 2. The van der Waals surface area contributed by atoms with Crippen LogP contribution in [0, 0.1) is 6.92 Å². The lowest BCUT2D eigenvalue weighted by Crippen LogP contribution is -2.33. The molecule has 1 aromatic heterocycles. The number of aromatic amines is 1. The number of oxime groups is 1. The van der Waals surface area contributed by atoms with E-state index in [0.29, 0.717) is 17.0 Å². The van der Waals surface area contributed by atoms with Crippen molar-refractivity contribution in [2.75, 3.05) is 5.75 Å². The highest BCUT2D eigenvalue weighted by Crippen LogP contribution is 2.27. The first-order valence-electron chi connectivity index (χ1n) is 6.24. The monoisotopic (exact) mass is 313 g/mol. The Morgan fingerprint density at radius 1 is 1.62 bits per heavy atom. The second-order valence-corrected chi connectivity index (χ2v) is 5.85. The van der Waals surface area contributed by atoms with E-state index in [1.807, 2.05) is 0 Å². The van der Waals surface area contributed by atoms with Crippen molar-refractivity contribution in [1.82, 2.24) is 9.55 Å². The fourth-order valence-corrected chi connectivity index (χ4v) is 2.68. The number of thioether (sulfide) groups is 1. The van der Waals surface area contributed by atoms with Gasteiger partial charge in [-0.3, -0.25) is 19.1 Å². The van der Waals surface area contributed by atoms with Crippen LogP contribution < -0.4 is 11.2 Å². The third-order valence-electron chi connectivity index (χ3n) is 3.10. The maximum absolute atomic E-state index is 11.8. The highest BCUT2D eigenvalue weighted by molar-refractivity contribution is 8.13. The lowest BCUT2D eigenvalue weighted by molar-refractivity contribution is -0.109. The van der Waals surface area contributed by atoms with Gasteiger partial charge in [0.15, 0.2) is 5.12 Å². The van der Waals surface area contributed by atoms with Gasteiger partial charge >= 0.3 is 5.69 Å². The summed E-state index contributed by atoms with van der Waals surface area (Å²) < 4.78 is 6.90. The predicted octanol–water partition coefficient (Wildman–Crippen LogP) is 0.242. The first-order valence-corrected chi connectivity index (χ1v) is 7.22. The van der Waals surface area contributed by atoms with Crippen LogP contribution in [0.1, 0.15) is 25.1 Å². The molecule has 1 aromatic rings. The Labute approximate surface area is 123 Å². The van der Waals surface area contributed by atoms with Crippen molar-refractivity contribution in [3.05, 3.63) is 32.6 Å². The van der Waals surface area contributed by atoms with E-state index in [1.54, 1.807) is 6.92 Å². The molecular weight excluding hydrogens is 298 g/mol. The molecule has 0 aliphatic carbocycles. The molecule has 8 nitrogen and oxygen atoms in total. The average Bonchev–Trinajstić information content (AvgIpc) is 2.83. The van der Waals surface area contributed by atoms with E-state index in [1.165, 1.54) is 17.7 Å². The number of aromatic nitrogens is 2. The van der Waals surface area contributed by atoms with Gasteiger partial charge in [0.25, 0.3) is 5.56 Å². The molecule has 1 aliphatic rings. The molecule has 0 unspecified atom stereocenters. The summed E-state index contributed by atoms with van der Waals surface area (Å²) >= 11 is 1.05. The molecule has 2 atom stereocenters. The van der Waals surface area contributed by atoms with E-state index in [-0.39, 0.29) is 11.5 Å². The standard InChI is InChI=1S/C12H15N3O5S/c1-6-4-15(12(18)13-11(6)17)10-3-8(14-19)9(20-10)5-21-7(2)16/h4,9-10,19H,3,5H2,1-2H3,(H,13,17,18)/b14-8+/t9-,10-/m1/s1. The van der Waals surface area contributed by atoms with Crippen LogP contribution in [-0.2, 0) is 9.53 Å². The Kier molecular flexibility index (Phi) is 4.63. The number of carbonyl (C=O) groups excluding carboxylic acids is 1. The van der Waals surface area contributed by atoms with E-state index in [0.717, 1.165) is 11.8 Å². The summed E-state index contributed by atoms with van der Waals surface area (Å²) in [5.74, 6) is 0.308. The third kappa shape index (κ3) is 3.42. The number of aryl methyl sites for hydroxylation is 1. The first kappa shape index (κ1) is 15.5. The fraction of sp³-hybridized carbons (Fsp3) is 0.500. The minimum absolute atomic E-state index is 0.0728. The molecule has 0 spiro atoms. The maximum atomic E-state index is 11.8. The van der Waals surface area contributed by atoms with E-state index in [2.05, 4.69) is 10.1 Å². The van der Waals surface area contributed by atoms with Crippen LogP contribution in [0.15, 0.2) is 20.9 Å². The van der Waals surface area contributed by atoms with Gasteiger partial charge in [0.2, 0.25) is 0 Å². The van der Waals surface area contributed by atoms with Gasteiger partial charge in [0.1, 0.15) is 12.3 Å². The molecule has 21 heavy (non-hydrogen) atoms. The molecule has 9 heteroatoms. The number of nitrogens with one attached hydrogen (secondary N) is 1. The summed E-state index contributed by atoms with van der Waals surface area (Å²) in [5, 5.41) is 12.1. The molecule has 0 radical (unpaired) electrons. The van der Waals surface area contributed by atoms with Crippen LogP contribution in [0.5, 0.6) is 0 Å². The minimum atomic E-state index is -0.670. The van der Waals surface area contributed by atoms with E-state index in [4.69, 9.17) is 9.94 Å². The molecule has 1 fully saturated rings. The zero-order valence-corrected chi connectivity index (χ0v) is 12.3. The van der Waals surface area contributed by atoms with Crippen molar-refractivity contribution in [1.29, 1.82) is 0 Å². The molecule has 114 valence electrons. The topological polar surface area (TPSA) is 114 Å². The molecule has 2 heterocycles. The number of rotatable bonds is 3. The van der Waals surface area contributed by atoms with Crippen molar-refractivity contribution in [3.8, 4) is 0 Å². The molecule has 0 aromatic carbocycles. The van der Waals surface area contributed by atoms with E-state index in [9.17, 15) is 14.4 Å². The second-order valence-electron chi connectivity index (χ2n) is 4.66. The minimum Gasteiger partial charge on any atom is -0.411 e. The van der Waals surface area contributed by atoms with Gasteiger partial charge in [-0.05, 0) is 6.92 Å². The largest absolute Gasteiger partial charge is 0.411 e. The van der Waals surface area contributed by atoms with Crippen molar-refractivity contribution in [2.24, 2.45) is 5.16 Å². The van der Waals surface area contributed by atoms with Gasteiger partial charge in [0.05, 0.1) is 5.71 Å². The van der Waals surface area contributed by atoms with E-state index >= 15 is 0 Å². The van der Waals surface area contributed by atoms with Gasteiger partial charge in [0, 0.05) is 30.9 Å². The summed E-state index contributed by atoms with van der Waals surface area (Å²) in [4.78, 5) is 36.4. The van der Waals surface area contributed by atoms with Crippen LogP contribution in [-0.4, -0.2) is 37.4 Å². The fourth-order valence-electron chi connectivity index (χ4n) is 2.02. The molecule has 1 aliphatic heterocycles. The summed E-state index contributed by atoms with van der Waals surface area (Å²) in [6.45, 7) is 3.01. The number of ether oxygens (including phenoxy) is 1. The molecule has 2 N–H and O–H groups in total. The maximum Gasteiger partial charge on any atom is 0.330 e. The molecule has 0 amide bonds. The van der Waals surface area contributed by atoms with Crippen molar-refractivity contribution < 1.29 is 14.7 Å². The zero-order chi connectivity index (χ0) is 15.6. The summed E-state index contributed by atoms with van der Waals surface area (Å²) in [6.07, 6.45) is 0.399. The van der Waals surface area contributed by atoms with Gasteiger partial charge in [-0.2, -0.15) is 0 Å². The molecule has 0 bridgehead atoms. The first-order chi connectivity index (χ1) is 9.92. The number of hydrogen-bond acceptors (Lipinski definition) is 7.